The Morgan fingerprint density at radius 2 is 1.95 bits per heavy atom. The Balaban J connectivity index is 2.16. The van der Waals surface area contributed by atoms with Gasteiger partial charge in [0.25, 0.3) is 0 Å². The highest BCUT2D eigenvalue weighted by atomic mass is 19.4. The topological polar surface area (TPSA) is 32.3 Å². The van der Waals surface area contributed by atoms with Gasteiger partial charge in [-0.25, -0.2) is 0 Å². The Bertz CT molecular complexity index is 353. The predicted octanol–water partition coefficient (Wildman–Crippen LogP) is 2.91. The van der Waals surface area contributed by atoms with Crippen LogP contribution in [0.15, 0.2) is 0 Å². The molecule has 1 N–H and O–H groups in total. The number of hydrogen-bond donors (Lipinski definition) is 1. The van der Waals surface area contributed by atoms with Gasteiger partial charge in [-0.2, -0.15) is 13.2 Å². The van der Waals surface area contributed by atoms with E-state index in [0.29, 0.717) is 0 Å². The van der Waals surface area contributed by atoms with Crippen molar-refractivity contribution in [2.24, 2.45) is 11.8 Å². The van der Waals surface area contributed by atoms with Gasteiger partial charge in [-0.3, -0.25) is 10.1 Å². The molecule has 116 valence electrons. The van der Waals surface area contributed by atoms with Crippen LogP contribution in [0.2, 0.25) is 0 Å². The molecule has 0 radical (unpaired) electrons. The Morgan fingerprint density at radius 3 is 2.45 bits per heavy atom. The normalized spacial score (nSPS) is 30.2. The average molecular weight is 292 g/mol. The van der Waals surface area contributed by atoms with Crippen molar-refractivity contribution in [3.8, 4) is 0 Å². The van der Waals surface area contributed by atoms with E-state index < -0.39 is 24.9 Å². The molecule has 1 aliphatic carbocycles. The number of halogens is 3. The van der Waals surface area contributed by atoms with Crippen molar-refractivity contribution < 1.29 is 18.0 Å². The lowest BCUT2D eigenvalue weighted by Crippen LogP contribution is -2.46. The van der Waals surface area contributed by atoms with Crippen LogP contribution in [0.5, 0.6) is 0 Å². The van der Waals surface area contributed by atoms with Gasteiger partial charge in [0.2, 0.25) is 5.91 Å². The summed E-state index contributed by atoms with van der Waals surface area (Å²) >= 11 is 0. The van der Waals surface area contributed by atoms with Crippen molar-refractivity contribution in [1.82, 2.24) is 10.2 Å². The third kappa shape index (κ3) is 3.27. The molecule has 2 rings (SSSR count). The molecule has 3 atom stereocenters. The van der Waals surface area contributed by atoms with E-state index in [4.69, 9.17) is 0 Å². The fourth-order valence-corrected chi connectivity index (χ4v) is 3.34. The summed E-state index contributed by atoms with van der Waals surface area (Å²) in [7, 11) is 0. The molecule has 1 amide bonds. The van der Waals surface area contributed by atoms with Gasteiger partial charge in [0.15, 0.2) is 0 Å². The van der Waals surface area contributed by atoms with Gasteiger partial charge in [-0.15, -0.1) is 0 Å². The SMILES string of the molecule is CCC(C)C1NC(C2CCCC2)N(CC(F)(F)F)C1=O. The summed E-state index contributed by atoms with van der Waals surface area (Å²) in [6, 6.07) is -0.465. The van der Waals surface area contributed by atoms with Crippen LogP contribution in [0.3, 0.4) is 0 Å². The molecule has 1 saturated carbocycles. The van der Waals surface area contributed by atoms with Crippen molar-refractivity contribution in [2.75, 3.05) is 6.54 Å². The van der Waals surface area contributed by atoms with Gasteiger partial charge < -0.3 is 4.90 Å². The van der Waals surface area contributed by atoms with Crippen LogP contribution in [-0.4, -0.2) is 35.7 Å². The quantitative estimate of drug-likeness (QED) is 0.864. The largest absolute Gasteiger partial charge is 0.406 e. The zero-order chi connectivity index (χ0) is 14.9. The lowest BCUT2D eigenvalue weighted by Gasteiger charge is -2.29. The molecule has 6 heteroatoms. The minimum Gasteiger partial charge on any atom is -0.316 e. The maximum absolute atomic E-state index is 12.7. The van der Waals surface area contributed by atoms with Crippen LogP contribution in [0, 0.1) is 11.8 Å². The molecule has 0 aromatic carbocycles. The molecule has 0 spiro atoms. The summed E-state index contributed by atoms with van der Waals surface area (Å²) in [4.78, 5) is 13.3. The van der Waals surface area contributed by atoms with Gasteiger partial charge in [-0.05, 0) is 24.7 Å². The Hall–Kier alpha value is -0.780. The maximum atomic E-state index is 12.7. The van der Waals surface area contributed by atoms with E-state index in [0.717, 1.165) is 37.0 Å². The molecule has 3 nitrogen and oxygen atoms in total. The highest BCUT2D eigenvalue weighted by Crippen LogP contribution is 2.34. The number of hydrogen-bond acceptors (Lipinski definition) is 2. The summed E-state index contributed by atoms with van der Waals surface area (Å²) < 4.78 is 38.2. The van der Waals surface area contributed by atoms with Gasteiger partial charge in [0.05, 0.1) is 12.2 Å². The van der Waals surface area contributed by atoms with Gasteiger partial charge in [-0.1, -0.05) is 33.1 Å². The van der Waals surface area contributed by atoms with Crippen LogP contribution in [0.4, 0.5) is 13.2 Å². The molecule has 0 bridgehead atoms. The van der Waals surface area contributed by atoms with Crippen molar-refractivity contribution >= 4 is 5.91 Å². The van der Waals surface area contributed by atoms with Crippen LogP contribution >= 0.6 is 0 Å². The molecule has 2 fully saturated rings. The zero-order valence-corrected chi connectivity index (χ0v) is 12.0. The summed E-state index contributed by atoms with van der Waals surface area (Å²) in [6.45, 7) is 2.74. The second kappa shape index (κ2) is 5.92. The second-order valence-corrected chi connectivity index (χ2v) is 6.10. The molecule has 1 aliphatic heterocycles. The fraction of sp³-hybridized carbons (Fsp3) is 0.929. The lowest BCUT2D eigenvalue weighted by molar-refractivity contribution is -0.163. The maximum Gasteiger partial charge on any atom is 0.406 e. The van der Waals surface area contributed by atoms with E-state index in [9.17, 15) is 18.0 Å². The minimum absolute atomic E-state index is 0.0598. The van der Waals surface area contributed by atoms with Crippen LogP contribution in [-0.2, 0) is 4.79 Å². The first-order valence-corrected chi connectivity index (χ1v) is 7.46. The van der Waals surface area contributed by atoms with E-state index >= 15 is 0 Å². The first-order chi connectivity index (χ1) is 9.33. The Labute approximate surface area is 117 Å². The minimum atomic E-state index is -4.33. The first-order valence-electron chi connectivity index (χ1n) is 7.46. The van der Waals surface area contributed by atoms with E-state index in [-0.39, 0.29) is 17.7 Å². The smallest absolute Gasteiger partial charge is 0.316 e. The van der Waals surface area contributed by atoms with Crippen LogP contribution < -0.4 is 5.32 Å². The lowest BCUT2D eigenvalue weighted by atomic mass is 9.99. The highest BCUT2D eigenvalue weighted by Gasteiger charge is 2.48. The molecule has 0 aromatic rings. The summed E-state index contributed by atoms with van der Waals surface area (Å²) in [5, 5.41) is 3.18. The highest BCUT2D eigenvalue weighted by molar-refractivity contribution is 5.84. The number of alkyl halides is 3. The summed E-state index contributed by atoms with van der Waals surface area (Å²) in [5.74, 6) is -0.159. The number of rotatable bonds is 4. The average Bonchev–Trinajstić information content (AvgIpc) is 2.97. The number of nitrogens with zero attached hydrogens (tertiary/aromatic N) is 1. The molecular formula is C14H23F3N2O. The number of carbonyl (C=O) groups is 1. The van der Waals surface area contributed by atoms with Crippen molar-refractivity contribution in [3.05, 3.63) is 0 Å². The molecule has 0 aromatic heterocycles. The van der Waals surface area contributed by atoms with E-state index in [2.05, 4.69) is 5.32 Å². The molecule has 3 unspecified atom stereocenters. The van der Waals surface area contributed by atoms with Crippen molar-refractivity contribution in [2.45, 2.75) is 64.3 Å². The van der Waals surface area contributed by atoms with Crippen LogP contribution in [0.1, 0.15) is 46.0 Å². The number of nitrogens with one attached hydrogen (secondary N) is 1. The van der Waals surface area contributed by atoms with E-state index in [1.807, 2.05) is 13.8 Å². The van der Waals surface area contributed by atoms with Crippen molar-refractivity contribution in [1.29, 1.82) is 0 Å². The fourth-order valence-electron chi connectivity index (χ4n) is 3.34. The van der Waals surface area contributed by atoms with Gasteiger partial charge >= 0.3 is 6.18 Å². The Morgan fingerprint density at radius 1 is 1.35 bits per heavy atom. The monoisotopic (exact) mass is 292 g/mol. The molecular weight excluding hydrogens is 269 g/mol. The van der Waals surface area contributed by atoms with Gasteiger partial charge in [0.1, 0.15) is 6.54 Å². The second-order valence-electron chi connectivity index (χ2n) is 6.10. The number of carbonyl (C=O) groups excluding carboxylic acids is 1. The van der Waals surface area contributed by atoms with E-state index in [1.54, 1.807) is 0 Å². The summed E-state index contributed by atoms with van der Waals surface area (Å²) in [5.41, 5.74) is 0. The van der Waals surface area contributed by atoms with E-state index in [1.165, 1.54) is 0 Å². The molecule has 1 saturated heterocycles. The zero-order valence-electron chi connectivity index (χ0n) is 12.0. The standard InChI is InChI=1S/C14H23F3N2O/c1-3-9(2)11-13(20)19(8-14(15,16)17)12(18-11)10-6-4-5-7-10/h9-12,18H,3-8H2,1-2H3. The molecule has 20 heavy (non-hydrogen) atoms. The van der Waals surface area contributed by atoms with Crippen LogP contribution in [0.25, 0.3) is 0 Å². The third-order valence-electron chi connectivity index (χ3n) is 4.64. The molecule has 2 aliphatic rings. The first kappa shape index (κ1) is 15.6. The molecule has 1 heterocycles. The summed E-state index contributed by atoms with van der Waals surface area (Å²) in [6.07, 6.45) is -0.0840. The number of amides is 1. The van der Waals surface area contributed by atoms with Gasteiger partial charge in [0, 0.05) is 0 Å². The van der Waals surface area contributed by atoms with Crippen molar-refractivity contribution in [3.63, 3.8) is 0 Å². The third-order valence-corrected chi connectivity index (χ3v) is 4.64. The Kier molecular flexibility index (Phi) is 4.62. The predicted molar refractivity (Wildman–Crippen MR) is 69.9 cm³/mol.